The van der Waals surface area contributed by atoms with Gasteiger partial charge in [-0.2, -0.15) is 0 Å². The van der Waals surface area contributed by atoms with E-state index in [-0.39, 0.29) is 0 Å². The lowest BCUT2D eigenvalue weighted by atomic mass is 10.1. The van der Waals surface area contributed by atoms with Crippen molar-refractivity contribution < 1.29 is 14.2 Å². The standard InChI is InChI=1S/C19H38N4O3/c1-16-12-22(13-17(2)26-16)8-5-7-21-19(20-3)23-9-6-18(14-23)15-25-11-10-24-4/h16-18H,5-15H2,1-4H3,(H,20,21). The number of rotatable bonds is 9. The highest BCUT2D eigenvalue weighted by Crippen LogP contribution is 2.16. The fourth-order valence-corrected chi connectivity index (χ4v) is 3.86. The third kappa shape index (κ3) is 7.39. The van der Waals surface area contributed by atoms with Crippen LogP contribution in [0.25, 0.3) is 0 Å². The lowest BCUT2D eigenvalue weighted by Gasteiger charge is -2.35. The van der Waals surface area contributed by atoms with Crippen LogP contribution in [0.5, 0.6) is 0 Å². The maximum atomic E-state index is 5.80. The summed E-state index contributed by atoms with van der Waals surface area (Å²) in [5.41, 5.74) is 0. The van der Waals surface area contributed by atoms with E-state index in [9.17, 15) is 0 Å². The molecule has 0 aromatic heterocycles. The van der Waals surface area contributed by atoms with Gasteiger partial charge >= 0.3 is 0 Å². The van der Waals surface area contributed by atoms with E-state index in [0.717, 1.165) is 64.7 Å². The molecule has 0 amide bonds. The fourth-order valence-electron chi connectivity index (χ4n) is 3.86. The smallest absolute Gasteiger partial charge is 0.193 e. The van der Waals surface area contributed by atoms with Crippen LogP contribution >= 0.6 is 0 Å². The molecule has 7 nitrogen and oxygen atoms in total. The molecule has 26 heavy (non-hydrogen) atoms. The van der Waals surface area contributed by atoms with Crippen molar-refractivity contribution in [3.8, 4) is 0 Å². The van der Waals surface area contributed by atoms with Crippen molar-refractivity contribution in [2.24, 2.45) is 10.9 Å². The van der Waals surface area contributed by atoms with Crippen molar-refractivity contribution >= 4 is 5.96 Å². The number of aliphatic imine (C=N–C) groups is 1. The number of likely N-dealkylation sites (tertiary alicyclic amines) is 1. The molecule has 2 heterocycles. The van der Waals surface area contributed by atoms with Crippen molar-refractivity contribution in [1.29, 1.82) is 0 Å². The summed E-state index contributed by atoms with van der Waals surface area (Å²) in [5.74, 6) is 1.61. The second-order valence-corrected chi connectivity index (χ2v) is 7.51. The van der Waals surface area contributed by atoms with Gasteiger partial charge < -0.3 is 24.4 Å². The molecule has 0 bridgehead atoms. The molecule has 2 aliphatic rings. The van der Waals surface area contributed by atoms with E-state index in [2.05, 4.69) is 34.0 Å². The average Bonchev–Trinajstić information content (AvgIpc) is 3.07. The van der Waals surface area contributed by atoms with E-state index >= 15 is 0 Å². The molecule has 3 unspecified atom stereocenters. The molecule has 3 atom stereocenters. The highest BCUT2D eigenvalue weighted by Gasteiger charge is 2.25. The zero-order valence-electron chi connectivity index (χ0n) is 17.1. The predicted octanol–water partition coefficient (Wildman–Crippen LogP) is 1.05. The molecule has 2 saturated heterocycles. The van der Waals surface area contributed by atoms with Gasteiger partial charge in [0.25, 0.3) is 0 Å². The lowest BCUT2D eigenvalue weighted by molar-refractivity contribution is -0.0679. The van der Waals surface area contributed by atoms with Gasteiger partial charge in [0.15, 0.2) is 5.96 Å². The molecule has 2 fully saturated rings. The monoisotopic (exact) mass is 370 g/mol. The summed E-state index contributed by atoms with van der Waals surface area (Å²) in [7, 11) is 3.58. The highest BCUT2D eigenvalue weighted by atomic mass is 16.5. The molecule has 2 aliphatic heterocycles. The van der Waals surface area contributed by atoms with Crippen LogP contribution in [0.2, 0.25) is 0 Å². The van der Waals surface area contributed by atoms with Crippen LogP contribution in [0, 0.1) is 5.92 Å². The molecule has 0 saturated carbocycles. The summed E-state index contributed by atoms with van der Waals surface area (Å²) in [5, 5.41) is 3.53. The Morgan fingerprint density at radius 2 is 1.96 bits per heavy atom. The molecule has 0 aromatic rings. The average molecular weight is 371 g/mol. The molecule has 0 aliphatic carbocycles. The van der Waals surface area contributed by atoms with Crippen LogP contribution in [0.15, 0.2) is 4.99 Å². The number of nitrogens with zero attached hydrogens (tertiary/aromatic N) is 3. The van der Waals surface area contributed by atoms with Crippen LogP contribution in [0.4, 0.5) is 0 Å². The molecular formula is C19H38N4O3. The van der Waals surface area contributed by atoms with E-state index in [1.54, 1.807) is 7.11 Å². The number of hydrogen-bond donors (Lipinski definition) is 1. The minimum absolute atomic E-state index is 0.340. The largest absolute Gasteiger partial charge is 0.382 e. The Morgan fingerprint density at radius 1 is 1.19 bits per heavy atom. The maximum Gasteiger partial charge on any atom is 0.193 e. The first-order valence-corrected chi connectivity index (χ1v) is 10.0. The Kier molecular flexibility index (Phi) is 9.67. The summed E-state index contributed by atoms with van der Waals surface area (Å²) in [6.07, 6.45) is 2.96. The van der Waals surface area contributed by atoms with Crippen LogP contribution in [-0.4, -0.2) is 101 Å². The van der Waals surface area contributed by atoms with Gasteiger partial charge in [-0.15, -0.1) is 0 Å². The van der Waals surface area contributed by atoms with Gasteiger partial charge in [0.2, 0.25) is 0 Å². The van der Waals surface area contributed by atoms with E-state index in [1.807, 2.05) is 7.05 Å². The minimum Gasteiger partial charge on any atom is -0.382 e. The Balaban J connectivity index is 1.60. The minimum atomic E-state index is 0.340. The first-order valence-electron chi connectivity index (χ1n) is 10.0. The second kappa shape index (κ2) is 11.7. The quantitative estimate of drug-likeness (QED) is 0.372. The lowest BCUT2D eigenvalue weighted by Crippen LogP contribution is -2.46. The Bertz CT molecular complexity index is 412. The Morgan fingerprint density at radius 3 is 2.65 bits per heavy atom. The number of nitrogens with one attached hydrogen (secondary N) is 1. The van der Waals surface area contributed by atoms with Gasteiger partial charge in [0, 0.05) is 59.3 Å². The van der Waals surface area contributed by atoms with Gasteiger partial charge in [0.1, 0.15) is 0 Å². The van der Waals surface area contributed by atoms with Gasteiger partial charge in [-0.1, -0.05) is 0 Å². The molecule has 0 aromatic carbocycles. The maximum absolute atomic E-state index is 5.80. The molecular weight excluding hydrogens is 332 g/mol. The van der Waals surface area contributed by atoms with Crippen LogP contribution in [-0.2, 0) is 14.2 Å². The SMILES string of the molecule is CN=C(NCCCN1CC(C)OC(C)C1)N1CCC(COCCOC)C1. The summed E-state index contributed by atoms with van der Waals surface area (Å²) >= 11 is 0. The number of hydrogen-bond acceptors (Lipinski definition) is 5. The summed E-state index contributed by atoms with van der Waals surface area (Å²) in [6.45, 7) is 12.7. The zero-order valence-corrected chi connectivity index (χ0v) is 17.1. The van der Waals surface area contributed by atoms with Crippen molar-refractivity contribution in [3.63, 3.8) is 0 Å². The summed E-state index contributed by atoms with van der Waals surface area (Å²) < 4.78 is 16.5. The third-order valence-corrected chi connectivity index (χ3v) is 5.01. The van der Waals surface area contributed by atoms with Crippen LogP contribution in [0.3, 0.4) is 0 Å². The third-order valence-electron chi connectivity index (χ3n) is 5.01. The summed E-state index contributed by atoms with van der Waals surface area (Å²) in [6, 6.07) is 0. The van der Waals surface area contributed by atoms with Gasteiger partial charge in [0.05, 0.1) is 32.0 Å². The molecule has 152 valence electrons. The predicted molar refractivity (Wildman–Crippen MR) is 105 cm³/mol. The van der Waals surface area contributed by atoms with Crippen molar-refractivity contribution in [1.82, 2.24) is 15.1 Å². The van der Waals surface area contributed by atoms with Crippen LogP contribution in [0.1, 0.15) is 26.7 Å². The number of guanidine groups is 1. The van der Waals surface area contributed by atoms with Crippen molar-refractivity contribution in [2.75, 3.05) is 73.2 Å². The van der Waals surface area contributed by atoms with Gasteiger partial charge in [-0.3, -0.25) is 9.89 Å². The van der Waals surface area contributed by atoms with E-state index < -0.39 is 0 Å². The zero-order chi connectivity index (χ0) is 18.8. The molecule has 0 radical (unpaired) electrons. The summed E-state index contributed by atoms with van der Waals surface area (Å²) in [4.78, 5) is 9.32. The van der Waals surface area contributed by atoms with Crippen molar-refractivity contribution in [2.45, 2.75) is 38.9 Å². The van der Waals surface area contributed by atoms with Crippen molar-refractivity contribution in [3.05, 3.63) is 0 Å². The normalized spacial score (nSPS) is 27.9. The highest BCUT2D eigenvalue weighted by molar-refractivity contribution is 5.80. The number of methoxy groups -OCH3 is 1. The van der Waals surface area contributed by atoms with E-state index in [1.165, 1.54) is 0 Å². The van der Waals surface area contributed by atoms with Gasteiger partial charge in [-0.25, -0.2) is 0 Å². The molecule has 2 rings (SSSR count). The van der Waals surface area contributed by atoms with Gasteiger partial charge in [-0.05, 0) is 26.7 Å². The fraction of sp³-hybridized carbons (Fsp3) is 0.947. The second-order valence-electron chi connectivity index (χ2n) is 7.51. The Labute approximate surface area is 159 Å². The van der Waals surface area contributed by atoms with E-state index in [0.29, 0.717) is 31.3 Å². The first kappa shape index (κ1) is 21.4. The molecule has 7 heteroatoms. The van der Waals surface area contributed by atoms with E-state index in [4.69, 9.17) is 14.2 Å². The van der Waals surface area contributed by atoms with Crippen LogP contribution < -0.4 is 5.32 Å². The molecule has 0 spiro atoms. The first-order chi connectivity index (χ1) is 12.6. The number of morpholine rings is 1. The Hall–Kier alpha value is -0.890. The number of ether oxygens (including phenoxy) is 3. The molecule has 1 N–H and O–H groups in total. The topological polar surface area (TPSA) is 58.6 Å².